The number of hydrogen-bond acceptors (Lipinski definition) is 5. The summed E-state index contributed by atoms with van der Waals surface area (Å²) in [6, 6.07) is 1.55. The maximum Gasteiger partial charge on any atom is 0.413 e. The van der Waals surface area contributed by atoms with Crippen LogP contribution in [0.2, 0.25) is 5.02 Å². The molecule has 0 spiro atoms. The van der Waals surface area contributed by atoms with Crippen LogP contribution in [0.3, 0.4) is 0 Å². The molecule has 0 saturated heterocycles. The molecule has 8 heteroatoms. The zero-order chi connectivity index (χ0) is 13.5. The summed E-state index contributed by atoms with van der Waals surface area (Å²) in [5, 5.41) is 14.2. The molecule has 1 aromatic rings. The molecule has 0 radical (unpaired) electrons. The van der Waals surface area contributed by atoms with Gasteiger partial charge in [-0.05, 0) is 30.8 Å². The van der Waals surface area contributed by atoms with E-state index < -0.39 is 6.09 Å². The minimum absolute atomic E-state index is 0.0274. The molecule has 0 unspecified atom stereocenters. The second-order valence-electron chi connectivity index (χ2n) is 3.13. The average Bonchev–Trinajstić information content (AvgIpc) is 2.31. The molecule has 6 nitrogen and oxygen atoms in total. The molecule has 1 aromatic heterocycles. The van der Waals surface area contributed by atoms with Crippen molar-refractivity contribution in [3.05, 3.63) is 22.8 Å². The summed E-state index contributed by atoms with van der Waals surface area (Å²) in [7, 11) is 0. The Balaban J connectivity index is 2.62. The third kappa shape index (κ3) is 4.44. The summed E-state index contributed by atoms with van der Waals surface area (Å²) in [4.78, 5) is 15.0. The Morgan fingerprint density at radius 2 is 2.39 bits per heavy atom. The maximum atomic E-state index is 11.1. The molecule has 0 aliphatic heterocycles. The summed E-state index contributed by atoms with van der Waals surface area (Å²) < 4.78 is 4.65. The zero-order valence-corrected chi connectivity index (χ0v) is 11.1. The van der Waals surface area contributed by atoms with Gasteiger partial charge in [0.25, 0.3) is 0 Å². The lowest BCUT2D eigenvalue weighted by Gasteiger charge is -2.10. The largest absolute Gasteiger partial charge is 0.450 e. The highest BCUT2D eigenvalue weighted by atomic mass is 35.5. The first-order valence-electron chi connectivity index (χ1n) is 5.06. The van der Waals surface area contributed by atoms with E-state index in [9.17, 15) is 4.79 Å². The van der Waals surface area contributed by atoms with Crippen LogP contribution in [0, 0.1) is 0 Å². The molecule has 98 valence electrons. The number of nitrogens with one attached hydrogen (secondary N) is 2. The van der Waals surface area contributed by atoms with E-state index in [0.717, 1.165) is 0 Å². The van der Waals surface area contributed by atoms with Crippen molar-refractivity contribution in [1.82, 2.24) is 10.3 Å². The van der Waals surface area contributed by atoms with E-state index in [4.69, 9.17) is 28.9 Å². The Bertz CT molecular complexity index is 456. The highest BCUT2D eigenvalue weighted by Crippen LogP contribution is 2.19. The van der Waals surface area contributed by atoms with Crippen molar-refractivity contribution in [3.8, 4) is 0 Å². The quantitative estimate of drug-likeness (QED) is 0.734. The normalized spacial score (nSPS) is 9.72. The van der Waals surface area contributed by atoms with E-state index in [1.54, 1.807) is 13.0 Å². The topological polar surface area (TPSA) is 83.5 Å². The van der Waals surface area contributed by atoms with Gasteiger partial charge in [0, 0.05) is 6.20 Å². The first-order chi connectivity index (χ1) is 8.56. The predicted molar refractivity (Wildman–Crippen MR) is 71.5 cm³/mol. The van der Waals surface area contributed by atoms with Gasteiger partial charge in [0.05, 0.1) is 18.2 Å². The molecule has 1 amide bonds. The summed E-state index contributed by atoms with van der Waals surface area (Å²) in [5.74, 6) is 0.288. The standard InChI is InChI=1S/C10H12ClN3O3S/c1-2-17-10(16)14-9(18)13-8-7(11)3-6(5-15)4-12-8/h3-4,15H,2,5H2,1H3,(H2,12,13,14,16,18). The molecule has 0 bridgehead atoms. The van der Waals surface area contributed by atoms with Crippen LogP contribution in [0.5, 0.6) is 0 Å². The minimum Gasteiger partial charge on any atom is -0.450 e. The van der Waals surface area contributed by atoms with Gasteiger partial charge in [-0.3, -0.25) is 5.32 Å². The van der Waals surface area contributed by atoms with Gasteiger partial charge in [0.1, 0.15) is 0 Å². The predicted octanol–water partition coefficient (Wildman–Crippen LogP) is 1.67. The van der Waals surface area contributed by atoms with Crippen LogP contribution in [0.1, 0.15) is 12.5 Å². The van der Waals surface area contributed by atoms with Crippen molar-refractivity contribution in [2.24, 2.45) is 0 Å². The third-order valence-corrected chi connectivity index (χ3v) is 2.30. The Hall–Kier alpha value is -1.44. The lowest BCUT2D eigenvalue weighted by Crippen LogP contribution is -2.34. The van der Waals surface area contributed by atoms with Gasteiger partial charge in [-0.1, -0.05) is 11.6 Å². The summed E-state index contributed by atoms with van der Waals surface area (Å²) >= 11 is 10.8. The van der Waals surface area contributed by atoms with Crippen molar-refractivity contribution in [2.45, 2.75) is 13.5 Å². The van der Waals surface area contributed by atoms with Crippen molar-refractivity contribution >= 4 is 40.8 Å². The summed E-state index contributed by atoms with van der Waals surface area (Å²) in [5.41, 5.74) is 0.579. The number of carbonyl (C=O) groups excluding carboxylic acids is 1. The first kappa shape index (κ1) is 14.6. The smallest absolute Gasteiger partial charge is 0.413 e. The Kier molecular flexibility index (Phi) is 5.76. The van der Waals surface area contributed by atoms with Crippen molar-refractivity contribution in [3.63, 3.8) is 0 Å². The van der Waals surface area contributed by atoms with E-state index in [-0.39, 0.29) is 29.2 Å². The molecule has 0 atom stereocenters. The lowest BCUT2D eigenvalue weighted by atomic mass is 10.3. The van der Waals surface area contributed by atoms with Crippen molar-refractivity contribution in [2.75, 3.05) is 11.9 Å². The van der Waals surface area contributed by atoms with Crippen LogP contribution >= 0.6 is 23.8 Å². The molecular weight excluding hydrogens is 278 g/mol. The van der Waals surface area contributed by atoms with E-state index in [0.29, 0.717) is 5.56 Å². The highest BCUT2D eigenvalue weighted by molar-refractivity contribution is 7.80. The molecule has 0 aliphatic carbocycles. The molecule has 0 fully saturated rings. The summed E-state index contributed by atoms with van der Waals surface area (Å²) in [6.07, 6.45) is 0.791. The lowest BCUT2D eigenvalue weighted by molar-refractivity contribution is 0.158. The number of ether oxygens (including phenoxy) is 1. The minimum atomic E-state index is -0.655. The molecular formula is C10H12ClN3O3S. The fourth-order valence-corrected chi connectivity index (χ4v) is 1.47. The van der Waals surface area contributed by atoms with E-state index in [2.05, 4.69) is 20.4 Å². The van der Waals surface area contributed by atoms with Gasteiger partial charge in [-0.15, -0.1) is 0 Å². The van der Waals surface area contributed by atoms with Gasteiger partial charge < -0.3 is 15.2 Å². The zero-order valence-electron chi connectivity index (χ0n) is 9.57. The van der Waals surface area contributed by atoms with Crippen LogP contribution in [-0.2, 0) is 11.3 Å². The number of pyridine rings is 1. The van der Waals surface area contributed by atoms with Gasteiger partial charge in [0.15, 0.2) is 10.9 Å². The SMILES string of the molecule is CCOC(=O)NC(=S)Nc1ncc(CO)cc1Cl. The molecule has 3 N–H and O–H groups in total. The maximum absolute atomic E-state index is 11.1. The van der Waals surface area contributed by atoms with Gasteiger partial charge in [-0.25, -0.2) is 9.78 Å². The Labute approximate surface area is 114 Å². The molecule has 1 heterocycles. The Morgan fingerprint density at radius 3 is 2.94 bits per heavy atom. The number of rotatable bonds is 3. The van der Waals surface area contributed by atoms with E-state index >= 15 is 0 Å². The molecule has 0 aliphatic rings. The van der Waals surface area contributed by atoms with Crippen LogP contribution < -0.4 is 10.6 Å². The summed E-state index contributed by atoms with van der Waals surface area (Å²) in [6.45, 7) is 1.78. The molecule has 0 saturated carbocycles. The van der Waals surface area contributed by atoms with E-state index in [1.165, 1.54) is 6.20 Å². The number of halogens is 1. The van der Waals surface area contributed by atoms with Gasteiger partial charge >= 0.3 is 6.09 Å². The number of hydrogen-bond donors (Lipinski definition) is 3. The second-order valence-corrected chi connectivity index (χ2v) is 3.95. The van der Waals surface area contributed by atoms with Crippen LogP contribution in [0.4, 0.5) is 10.6 Å². The molecule has 1 rings (SSSR count). The van der Waals surface area contributed by atoms with Crippen molar-refractivity contribution < 1.29 is 14.6 Å². The highest BCUT2D eigenvalue weighted by Gasteiger charge is 2.08. The number of nitrogens with zero attached hydrogens (tertiary/aromatic N) is 1. The third-order valence-electron chi connectivity index (χ3n) is 1.80. The van der Waals surface area contributed by atoms with Crippen LogP contribution in [0.25, 0.3) is 0 Å². The fourth-order valence-electron chi connectivity index (χ4n) is 1.05. The number of thiocarbonyl (C=S) groups is 1. The number of anilines is 1. The van der Waals surface area contributed by atoms with Crippen LogP contribution in [-0.4, -0.2) is 27.9 Å². The number of alkyl carbamates (subject to hydrolysis) is 1. The molecule has 0 aromatic carbocycles. The molecule has 18 heavy (non-hydrogen) atoms. The first-order valence-corrected chi connectivity index (χ1v) is 5.85. The van der Waals surface area contributed by atoms with Crippen molar-refractivity contribution in [1.29, 1.82) is 0 Å². The number of aliphatic hydroxyl groups is 1. The second kappa shape index (κ2) is 7.10. The average molecular weight is 290 g/mol. The fraction of sp³-hybridized carbons (Fsp3) is 0.300. The Morgan fingerprint density at radius 1 is 1.67 bits per heavy atom. The number of aromatic nitrogens is 1. The number of amides is 1. The van der Waals surface area contributed by atoms with Gasteiger partial charge in [-0.2, -0.15) is 0 Å². The van der Waals surface area contributed by atoms with Crippen LogP contribution in [0.15, 0.2) is 12.3 Å². The number of carbonyl (C=O) groups is 1. The monoisotopic (exact) mass is 289 g/mol. The van der Waals surface area contributed by atoms with Gasteiger partial charge in [0.2, 0.25) is 0 Å². The number of aliphatic hydroxyl groups excluding tert-OH is 1. The van der Waals surface area contributed by atoms with E-state index in [1.807, 2.05) is 0 Å².